The first kappa shape index (κ1) is 29.1. The van der Waals surface area contributed by atoms with Gasteiger partial charge in [0, 0.05) is 0 Å². The molecule has 0 saturated heterocycles. The fourth-order valence-electron chi connectivity index (χ4n) is 2.78. The molecule has 0 fully saturated rings. The number of carbonyl (C=O) groups excluding carboxylic acids is 3. The summed E-state index contributed by atoms with van der Waals surface area (Å²) < 4.78 is 0. The van der Waals surface area contributed by atoms with Gasteiger partial charge in [-0.1, -0.05) is 13.8 Å². The summed E-state index contributed by atoms with van der Waals surface area (Å²) in [6.45, 7) is 5.72. The third-order valence-corrected chi connectivity index (χ3v) is 5.27. The minimum atomic E-state index is -1.14. The van der Waals surface area contributed by atoms with Gasteiger partial charge < -0.3 is 32.5 Å². The predicted molar refractivity (Wildman–Crippen MR) is 122 cm³/mol. The lowest BCUT2D eigenvalue weighted by Gasteiger charge is -2.25. The molecule has 4 atom stereocenters. The number of hydrogen-bond acceptors (Lipinski definition) is 7. The molecule has 0 aromatic carbocycles. The van der Waals surface area contributed by atoms with Crippen LogP contribution in [0.25, 0.3) is 0 Å². The number of carboxylic acids is 1. The molecule has 11 heteroatoms. The first-order valence-corrected chi connectivity index (χ1v) is 12.0. The summed E-state index contributed by atoms with van der Waals surface area (Å²) in [6.07, 6.45) is 4.19. The van der Waals surface area contributed by atoms with Crippen molar-refractivity contribution in [3.05, 3.63) is 0 Å². The molecule has 3 amide bonds. The van der Waals surface area contributed by atoms with Gasteiger partial charge in [0.05, 0.1) is 6.04 Å². The molecule has 4 unspecified atom stereocenters. The number of rotatable bonds is 16. The lowest BCUT2D eigenvalue weighted by atomic mass is 10.0. The molecule has 0 aliphatic carbocycles. The highest BCUT2D eigenvalue weighted by molar-refractivity contribution is 7.98. The summed E-state index contributed by atoms with van der Waals surface area (Å²) in [5.41, 5.74) is 11.2. The van der Waals surface area contributed by atoms with Crippen LogP contribution in [0.4, 0.5) is 0 Å². The van der Waals surface area contributed by atoms with Gasteiger partial charge in [-0.3, -0.25) is 14.4 Å². The van der Waals surface area contributed by atoms with Crippen LogP contribution in [0.1, 0.15) is 52.9 Å². The zero-order valence-corrected chi connectivity index (χ0v) is 19.8. The Morgan fingerprint density at radius 2 is 1.52 bits per heavy atom. The molecule has 0 aliphatic rings. The molecule has 0 aromatic rings. The number of thioether (sulfide) groups is 1. The van der Waals surface area contributed by atoms with E-state index in [1.54, 1.807) is 11.8 Å². The molecule has 10 nitrogen and oxygen atoms in total. The molecular formula is C20H39N5O5S. The molecule has 0 aliphatic heterocycles. The van der Waals surface area contributed by atoms with Gasteiger partial charge >= 0.3 is 5.97 Å². The lowest BCUT2D eigenvalue weighted by Crippen LogP contribution is -2.56. The molecule has 0 aromatic heterocycles. The van der Waals surface area contributed by atoms with Crippen LogP contribution in [0.3, 0.4) is 0 Å². The predicted octanol–water partition coefficient (Wildman–Crippen LogP) is -0.199. The van der Waals surface area contributed by atoms with E-state index in [0.717, 1.165) is 5.75 Å². The van der Waals surface area contributed by atoms with Crippen LogP contribution in [0.5, 0.6) is 0 Å². The smallest absolute Gasteiger partial charge is 0.326 e. The molecular weight excluding hydrogens is 422 g/mol. The van der Waals surface area contributed by atoms with Crippen LogP contribution in [0, 0.1) is 5.92 Å². The van der Waals surface area contributed by atoms with Crippen molar-refractivity contribution < 1.29 is 24.3 Å². The highest BCUT2D eigenvalue weighted by Crippen LogP contribution is 2.08. The van der Waals surface area contributed by atoms with Crippen LogP contribution in [0.2, 0.25) is 0 Å². The third-order valence-electron chi connectivity index (χ3n) is 4.62. The molecule has 0 heterocycles. The van der Waals surface area contributed by atoms with Crippen molar-refractivity contribution in [2.45, 2.75) is 77.0 Å². The van der Waals surface area contributed by atoms with Gasteiger partial charge in [0.1, 0.15) is 18.1 Å². The number of nitrogens with one attached hydrogen (secondary N) is 3. The molecule has 31 heavy (non-hydrogen) atoms. The fourth-order valence-corrected chi connectivity index (χ4v) is 3.27. The van der Waals surface area contributed by atoms with Crippen molar-refractivity contribution >= 4 is 35.5 Å². The molecule has 0 radical (unpaired) electrons. The minimum absolute atomic E-state index is 0.0708. The topological polar surface area (TPSA) is 177 Å². The van der Waals surface area contributed by atoms with E-state index in [0.29, 0.717) is 32.2 Å². The van der Waals surface area contributed by atoms with Crippen molar-refractivity contribution in [3.63, 3.8) is 0 Å². The Balaban J connectivity index is 5.01. The second-order valence-corrected chi connectivity index (χ2v) is 8.98. The number of carboxylic acid groups (broad SMARTS) is 1. The largest absolute Gasteiger partial charge is 0.480 e. The van der Waals surface area contributed by atoms with E-state index in [1.807, 2.05) is 20.1 Å². The zero-order valence-electron chi connectivity index (χ0n) is 19.0. The van der Waals surface area contributed by atoms with E-state index in [9.17, 15) is 24.3 Å². The van der Waals surface area contributed by atoms with Crippen molar-refractivity contribution in [2.75, 3.05) is 18.6 Å². The zero-order chi connectivity index (χ0) is 24.0. The maximum absolute atomic E-state index is 12.7. The number of carbonyl (C=O) groups is 4. The van der Waals surface area contributed by atoms with Crippen LogP contribution in [-0.2, 0) is 19.2 Å². The number of hydrogen-bond donors (Lipinski definition) is 6. The van der Waals surface area contributed by atoms with E-state index >= 15 is 0 Å². The van der Waals surface area contributed by atoms with Gasteiger partial charge in [-0.05, 0) is 63.5 Å². The Bertz CT molecular complexity index is 590. The monoisotopic (exact) mass is 461 g/mol. The van der Waals surface area contributed by atoms with Crippen LogP contribution in [-0.4, -0.2) is 71.5 Å². The van der Waals surface area contributed by atoms with Crippen molar-refractivity contribution in [1.29, 1.82) is 0 Å². The Hall–Kier alpha value is -1.85. The normalized spacial score (nSPS) is 14.9. The molecule has 0 saturated carbocycles. The fraction of sp³-hybridized carbons (Fsp3) is 0.800. The van der Waals surface area contributed by atoms with Gasteiger partial charge in [0.25, 0.3) is 0 Å². The Labute approximate surface area is 189 Å². The molecule has 0 bridgehead atoms. The summed E-state index contributed by atoms with van der Waals surface area (Å²) in [5, 5.41) is 17.1. The number of aliphatic carboxylic acids is 1. The Morgan fingerprint density at radius 3 is 2.03 bits per heavy atom. The molecule has 0 spiro atoms. The van der Waals surface area contributed by atoms with Gasteiger partial charge in [0.15, 0.2) is 0 Å². The van der Waals surface area contributed by atoms with Crippen molar-refractivity contribution in [3.8, 4) is 0 Å². The standard InChI is InChI=1S/C20H39N5O5S/c1-12(2)11-16(19(28)24-15(20(29)30)7-5-6-9-21)25-17(26)13(3)23-18(27)14(22)8-10-31-4/h12-16H,5-11,21-22H2,1-4H3,(H,23,27)(H,24,28)(H,25,26)(H,29,30). The average molecular weight is 462 g/mol. The highest BCUT2D eigenvalue weighted by atomic mass is 32.2. The summed E-state index contributed by atoms with van der Waals surface area (Å²) in [5.74, 6) is -1.89. The first-order valence-electron chi connectivity index (χ1n) is 10.6. The minimum Gasteiger partial charge on any atom is -0.480 e. The summed E-state index contributed by atoms with van der Waals surface area (Å²) in [6, 6.07) is -3.59. The number of unbranched alkanes of at least 4 members (excludes halogenated alkanes) is 1. The van der Waals surface area contributed by atoms with Crippen molar-refractivity contribution in [1.82, 2.24) is 16.0 Å². The quantitative estimate of drug-likeness (QED) is 0.171. The average Bonchev–Trinajstić information content (AvgIpc) is 2.69. The SMILES string of the molecule is CSCCC(N)C(=O)NC(C)C(=O)NC(CC(C)C)C(=O)NC(CCCCN)C(=O)O. The second kappa shape index (κ2) is 15.9. The number of amides is 3. The maximum Gasteiger partial charge on any atom is 0.326 e. The van der Waals surface area contributed by atoms with Gasteiger partial charge in [-0.15, -0.1) is 0 Å². The summed E-state index contributed by atoms with van der Waals surface area (Å²) in [4.78, 5) is 48.9. The van der Waals surface area contributed by atoms with Gasteiger partial charge in [0.2, 0.25) is 17.7 Å². The van der Waals surface area contributed by atoms with Gasteiger partial charge in [-0.25, -0.2) is 4.79 Å². The number of nitrogens with two attached hydrogens (primary N) is 2. The van der Waals surface area contributed by atoms with Crippen LogP contribution < -0.4 is 27.4 Å². The third kappa shape index (κ3) is 12.6. The maximum atomic E-state index is 12.7. The molecule has 8 N–H and O–H groups in total. The highest BCUT2D eigenvalue weighted by Gasteiger charge is 2.29. The van der Waals surface area contributed by atoms with E-state index in [2.05, 4.69) is 16.0 Å². The summed E-state index contributed by atoms with van der Waals surface area (Å²) in [7, 11) is 0. The van der Waals surface area contributed by atoms with E-state index in [4.69, 9.17) is 11.5 Å². The first-order chi connectivity index (χ1) is 14.5. The van der Waals surface area contributed by atoms with E-state index < -0.39 is 47.9 Å². The summed E-state index contributed by atoms with van der Waals surface area (Å²) >= 11 is 1.57. The lowest BCUT2D eigenvalue weighted by molar-refractivity contribution is -0.142. The van der Waals surface area contributed by atoms with E-state index in [-0.39, 0.29) is 12.3 Å². The van der Waals surface area contributed by atoms with E-state index in [1.165, 1.54) is 6.92 Å². The van der Waals surface area contributed by atoms with Crippen LogP contribution >= 0.6 is 11.8 Å². The van der Waals surface area contributed by atoms with Crippen LogP contribution in [0.15, 0.2) is 0 Å². The molecule has 180 valence electrons. The second-order valence-electron chi connectivity index (χ2n) is 7.99. The Morgan fingerprint density at radius 1 is 0.903 bits per heavy atom. The Kier molecular flexibility index (Phi) is 14.9. The molecule has 0 rings (SSSR count). The van der Waals surface area contributed by atoms with Gasteiger partial charge in [-0.2, -0.15) is 11.8 Å². The van der Waals surface area contributed by atoms with Crippen molar-refractivity contribution in [2.24, 2.45) is 17.4 Å².